The van der Waals surface area contributed by atoms with Gasteiger partial charge in [0.2, 0.25) is 5.91 Å². The Morgan fingerprint density at radius 3 is 2.61 bits per heavy atom. The van der Waals surface area contributed by atoms with Crippen molar-refractivity contribution in [3.05, 3.63) is 59.5 Å². The first kappa shape index (κ1) is 27.0. The summed E-state index contributed by atoms with van der Waals surface area (Å²) < 4.78 is 26.0. The van der Waals surface area contributed by atoms with Gasteiger partial charge < -0.3 is 20.3 Å². The van der Waals surface area contributed by atoms with Gasteiger partial charge in [-0.3, -0.25) is 9.69 Å². The maximum absolute atomic E-state index is 14.5. The lowest BCUT2D eigenvalue weighted by molar-refractivity contribution is -0.136. The van der Waals surface area contributed by atoms with Crippen molar-refractivity contribution >= 4 is 27.5 Å². The molecule has 38 heavy (non-hydrogen) atoms. The molecule has 2 aromatic carbocycles. The van der Waals surface area contributed by atoms with E-state index in [0.29, 0.717) is 50.6 Å². The minimum Gasteiger partial charge on any atom is -0.493 e. The van der Waals surface area contributed by atoms with Crippen LogP contribution in [0.5, 0.6) is 5.75 Å². The smallest absolute Gasteiger partial charge is 0.239 e. The van der Waals surface area contributed by atoms with Crippen LogP contribution in [0, 0.1) is 11.7 Å². The summed E-state index contributed by atoms with van der Waals surface area (Å²) in [6.07, 6.45) is 2.83. The predicted octanol–water partition coefficient (Wildman–Crippen LogP) is 3.76. The second-order valence-corrected chi connectivity index (χ2v) is 11.1. The van der Waals surface area contributed by atoms with Crippen molar-refractivity contribution in [2.75, 3.05) is 52.4 Å². The van der Waals surface area contributed by atoms with Crippen LogP contribution in [0.4, 0.5) is 4.39 Å². The quantitative estimate of drug-likeness (QED) is 0.446. The zero-order valence-corrected chi connectivity index (χ0v) is 23.0. The number of nitrogens with two attached hydrogens (primary N) is 1. The van der Waals surface area contributed by atoms with Crippen LogP contribution < -0.4 is 10.5 Å². The van der Waals surface area contributed by atoms with E-state index in [9.17, 15) is 9.18 Å². The van der Waals surface area contributed by atoms with E-state index in [1.807, 2.05) is 17.9 Å². The van der Waals surface area contributed by atoms with Crippen LogP contribution in [0.3, 0.4) is 0 Å². The summed E-state index contributed by atoms with van der Waals surface area (Å²) in [4.78, 5) is 19.8. The van der Waals surface area contributed by atoms with Crippen molar-refractivity contribution in [2.45, 2.75) is 38.8 Å². The van der Waals surface area contributed by atoms with Gasteiger partial charge in [0.15, 0.2) is 0 Å². The standard InChI is InChI=1S/C29H38FN5O2S/c1-2-37-26-8-5-7-24(30)23(26)20-34-16-18-35(19-17-34)29(36)28(31)21-10-13-33(14-11-21)15-12-25-22-6-3-4-9-27(22)38-32-25/h3-9,21,28H,2,10-20,31H2,1H3/t28-/m1/s1. The van der Waals surface area contributed by atoms with Crippen molar-refractivity contribution in [1.29, 1.82) is 0 Å². The normalized spacial score (nSPS) is 18.7. The molecule has 2 aliphatic heterocycles. The summed E-state index contributed by atoms with van der Waals surface area (Å²) in [7, 11) is 0. The first-order valence-electron chi connectivity index (χ1n) is 13.8. The fourth-order valence-electron chi connectivity index (χ4n) is 5.66. The van der Waals surface area contributed by atoms with Crippen LogP contribution in [0.2, 0.25) is 0 Å². The van der Waals surface area contributed by atoms with Gasteiger partial charge in [-0.2, -0.15) is 4.37 Å². The van der Waals surface area contributed by atoms with E-state index in [1.165, 1.54) is 21.8 Å². The number of halogens is 1. The molecule has 9 heteroatoms. The lowest BCUT2D eigenvalue weighted by atomic mass is 9.89. The molecule has 1 amide bonds. The van der Waals surface area contributed by atoms with Gasteiger partial charge in [0.1, 0.15) is 11.6 Å². The summed E-state index contributed by atoms with van der Waals surface area (Å²) in [5, 5.41) is 1.27. The summed E-state index contributed by atoms with van der Waals surface area (Å²) in [6.45, 7) is 8.42. The Kier molecular flexibility index (Phi) is 8.89. The number of aromatic nitrogens is 1. The summed E-state index contributed by atoms with van der Waals surface area (Å²) in [5.74, 6) is 0.615. The molecule has 1 aromatic heterocycles. The Morgan fingerprint density at radius 1 is 1.08 bits per heavy atom. The van der Waals surface area contributed by atoms with E-state index in [0.717, 1.165) is 38.9 Å². The predicted molar refractivity (Wildman–Crippen MR) is 150 cm³/mol. The highest BCUT2D eigenvalue weighted by atomic mass is 32.1. The zero-order valence-electron chi connectivity index (χ0n) is 22.2. The van der Waals surface area contributed by atoms with Crippen LogP contribution >= 0.6 is 11.5 Å². The van der Waals surface area contributed by atoms with Gasteiger partial charge in [0, 0.05) is 56.6 Å². The Labute approximate surface area is 228 Å². The van der Waals surface area contributed by atoms with Gasteiger partial charge in [-0.05, 0) is 68.5 Å². The molecule has 2 fully saturated rings. The molecule has 7 nitrogen and oxygen atoms in total. The molecule has 0 saturated carbocycles. The molecule has 2 N–H and O–H groups in total. The largest absolute Gasteiger partial charge is 0.493 e. The maximum Gasteiger partial charge on any atom is 0.239 e. The first-order chi connectivity index (χ1) is 18.5. The van der Waals surface area contributed by atoms with E-state index < -0.39 is 6.04 Å². The SMILES string of the molecule is CCOc1cccc(F)c1CN1CCN(C(=O)[C@H](N)C2CCN(CCc3nsc4ccccc34)CC2)CC1. The first-order valence-corrected chi connectivity index (χ1v) is 14.5. The maximum atomic E-state index is 14.5. The molecule has 0 unspecified atom stereocenters. The summed E-state index contributed by atoms with van der Waals surface area (Å²) in [5.41, 5.74) is 8.28. The third kappa shape index (κ3) is 6.17. The van der Waals surface area contributed by atoms with E-state index in [2.05, 4.69) is 38.4 Å². The molecule has 3 heterocycles. The molecule has 3 aromatic rings. The van der Waals surface area contributed by atoms with E-state index in [1.54, 1.807) is 17.6 Å². The molecule has 0 radical (unpaired) electrons. The van der Waals surface area contributed by atoms with Gasteiger partial charge in [-0.25, -0.2) is 4.39 Å². The Hall–Kier alpha value is -2.59. The molecule has 0 aliphatic carbocycles. The van der Waals surface area contributed by atoms with Crippen molar-refractivity contribution in [1.82, 2.24) is 19.1 Å². The van der Waals surface area contributed by atoms with E-state index in [4.69, 9.17) is 10.5 Å². The van der Waals surface area contributed by atoms with Gasteiger partial charge in [0.05, 0.1) is 23.0 Å². The second kappa shape index (κ2) is 12.5. The van der Waals surface area contributed by atoms with Crippen LogP contribution in [0.15, 0.2) is 42.5 Å². The lowest BCUT2D eigenvalue weighted by Gasteiger charge is -2.39. The van der Waals surface area contributed by atoms with Gasteiger partial charge in [-0.1, -0.05) is 24.3 Å². The number of nitrogens with zero attached hydrogens (tertiary/aromatic N) is 4. The number of fused-ring (bicyclic) bond motifs is 1. The Balaban J connectivity index is 1.06. The van der Waals surface area contributed by atoms with Crippen molar-refractivity contribution in [3.8, 4) is 5.75 Å². The number of amides is 1. The number of benzene rings is 2. The Morgan fingerprint density at radius 2 is 1.84 bits per heavy atom. The molecule has 204 valence electrons. The number of likely N-dealkylation sites (tertiary alicyclic amines) is 1. The number of ether oxygens (including phenoxy) is 1. The van der Waals surface area contributed by atoms with Crippen molar-refractivity contribution in [3.63, 3.8) is 0 Å². The minimum absolute atomic E-state index is 0.0536. The number of hydrogen-bond acceptors (Lipinski definition) is 7. The molecule has 0 spiro atoms. The third-order valence-corrected chi connectivity index (χ3v) is 8.85. The zero-order chi connectivity index (χ0) is 26.5. The number of carbonyl (C=O) groups excluding carboxylic acids is 1. The monoisotopic (exact) mass is 539 g/mol. The Bertz CT molecular complexity index is 1220. The lowest BCUT2D eigenvalue weighted by Crippen LogP contribution is -2.55. The van der Waals surface area contributed by atoms with Gasteiger partial charge in [-0.15, -0.1) is 0 Å². The van der Waals surface area contributed by atoms with Crippen LogP contribution in [-0.4, -0.2) is 83.4 Å². The number of hydrogen-bond donors (Lipinski definition) is 1. The van der Waals surface area contributed by atoms with Crippen molar-refractivity contribution < 1.29 is 13.9 Å². The topological polar surface area (TPSA) is 74.9 Å². The van der Waals surface area contributed by atoms with Crippen LogP contribution in [0.25, 0.3) is 10.1 Å². The molecular weight excluding hydrogens is 501 g/mol. The second-order valence-electron chi connectivity index (χ2n) is 10.3. The molecule has 2 saturated heterocycles. The molecular formula is C29H38FN5O2S. The van der Waals surface area contributed by atoms with Crippen molar-refractivity contribution in [2.24, 2.45) is 11.7 Å². The van der Waals surface area contributed by atoms with Gasteiger partial charge in [0.25, 0.3) is 0 Å². The minimum atomic E-state index is -0.456. The highest BCUT2D eigenvalue weighted by Crippen LogP contribution is 2.26. The van der Waals surface area contributed by atoms with E-state index >= 15 is 0 Å². The molecule has 2 aliphatic rings. The highest BCUT2D eigenvalue weighted by molar-refractivity contribution is 7.13. The molecule has 0 bridgehead atoms. The average Bonchev–Trinajstić information content (AvgIpc) is 3.37. The fourth-order valence-corrected chi connectivity index (χ4v) is 6.49. The van der Waals surface area contributed by atoms with Crippen LogP contribution in [0.1, 0.15) is 31.0 Å². The third-order valence-electron chi connectivity index (χ3n) is 7.98. The van der Waals surface area contributed by atoms with E-state index in [-0.39, 0.29) is 17.6 Å². The molecule has 1 atom stereocenters. The number of rotatable bonds is 9. The molecule has 5 rings (SSSR count). The number of carbonyl (C=O) groups is 1. The number of piperidine rings is 1. The van der Waals surface area contributed by atoms with Crippen LogP contribution in [-0.2, 0) is 17.8 Å². The fraction of sp³-hybridized carbons (Fsp3) is 0.517. The summed E-state index contributed by atoms with van der Waals surface area (Å²) >= 11 is 1.57. The average molecular weight is 540 g/mol. The number of piperazine rings is 1. The summed E-state index contributed by atoms with van der Waals surface area (Å²) in [6, 6.07) is 12.9. The highest BCUT2D eigenvalue weighted by Gasteiger charge is 2.33. The van der Waals surface area contributed by atoms with Gasteiger partial charge >= 0.3 is 0 Å².